The van der Waals surface area contributed by atoms with E-state index in [0.29, 0.717) is 5.92 Å². The summed E-state index contributed by atoms with van der Waals surface area (Å²) >= 11 is 0. The van der Waals surface area contributed by atoms with Crippen LogP contribution in [0.25, 0.3) is 5.57 Å². The van der Waals surface area contributed by atoms with Gasteiger partial charge >= 0.3 is 0 Å². The van der Waals surface area contributed by atoms with E-state index in [-0.39, 0.29) is 6.10 Å². The van der Waals surface area contributed by atoms with Gasteiger partial charge in [-0.15, -0.1) is 0 Å². The average Bonchev–Trinajstić information content (AvgIpc) is 2.93. The van der Waals surface area contributed by atoms with Gasteiger partial charge in [0.1, 0.15) is 11.9 Å². The molecule has 1 aliphatic heterocycles. The van der Waals surface area contributed by atoms with E-state index in [1.165, 1.54) is 16.3 Å². The number of para-hydroxylation sites is 1. The zero-order valence-electron chi connectivity index (χ0n) is 13.8. The van der Waals surface area contributed by atoms with Crippen LogP contribution >= 0.6 is 0 Å². The number of nitrogens with zero attached hydrogens (tertiary/aromatic N) is 1. The maximum absolute atomic E-state index is 6.22. The van der Waals surface area contributed by atoms with Crippen LogP contribution < -0.4 is 9.92 Å². The molecule has 0 amide bonds. The first-order chi connectivity index (χ1) is 11.0. The summed E-state index contributed by atoms with van der Waals surface area (Å²) in [4.78, 5) is 4.74. The van der Waals surface area contributed by atoms with E-state index in [0.717, 1.165) is 11.4 Å². The highest BCUT2D eigenvalue weighted by atomic mass is 28.3. The zero-order chi connectivity index (χ0) is 16.0. The predicted molar refractivity (Wildman–Crippen MR) is 97.9 cm³/mol. The summed E-state index contributed by atoms with van der Waals surface area (Å²) in [6.45, 7) is 7.04. The van der Waals surface area contributed by atoms with E-state index in [9.17, 15) is 0 Å². The van der Waals surface area contributed by atoms with Gasteiger partial charge in [0.2, 0.25) is 0 Å². The Hall–Kier alpha value is -2.13. The number of allylic oxidation sites excluding steroid dienone is 2. The van der Waals surface area contributed by atoms with Gasteiger partial charge < -0.3 is 4.74 Å². The fraction of sp³-hybridized carbons (Fsp3) is 0.250. The van der Waals surface area contributed by atoms with Crippen LogP contribution in [-0.2, 0) is 0 Å². The van der Waals surface area contributed by atoms with Crippen molar-refractivity contribution in [3.05, 3.63) is 72.1 Å². The zero-order valence-corrected chi connectivity index (χ0v) is 14.8. The number of benzene rings is 1. The van der Waals surface area contributed by atoms with E-state index >= 15 is 0 Å². The second-order valence-corrected chi connectivity index (χ2v) is 12.4. The van der Waals surface area contributed by atoms with Crippen molar-refractivity contribution in [1.82, 2.24) is 4.98 Å². The summed E-state index contributed by atoms with van der Waals surface area (Å²) in [5, 5.41) is 1.39. The van der Waals surface area contributed by atoms with Gasteiger partial charge in [-0.3, -0.25) is 4.98 Å². The molecule has 2 aromatic rings. The highest BCUT2D eigenvalue weighted by Crippen LogP contribution is 2.45. The van der Waals surface area contributed by atoms with E-state index in [4.69, 9.17) is 9.72 Å². The van der Waals surface area contributed by atoms with Crippen molar-refractivity contribution in [2.24, 2.45) is 0 Å². The topological polar surface area (TPSA) is 22.1 Å². The van der Waals surface area contributed by atoms with Crippen LogP contribution in [0, 0.1) is 0 Å². The average molecular weight is 319 g/mol. The molecule has 2 unspecified atom stereocenters. The molecule has 2 atom stereocenters. The smallest absolute Gasteiger partial charge is 0.136 e. The fourth-order valence-electron chi connectivity index (χ4n) is 3.31. The van der Waals surface area contributed by atoms with Gasteiger partial charge in [-0.1, -0.05) is 62.1 Å². The first kappa shape index (κ1) is 14.5. The van der Waals surface area contributed by atoms with Gasteiger partial charge in [-0.05, 0) is 17.3 Å². The van der Waals surface area contributed by atoms with Crippen molar-refractivity contribution >= 4 is 18.8 Å². The Kier molecular flexibility index (Phi) is 3.27. The molecule has 0 saturated carbocycles. The van der Waals surface area contributed by atoms with Crippen molar-refractivity contribution in [2.75, 3.05) is 0 Å². The van der Waals surface area contributed by atoms with E-state index in [1.54, 1.807) is 0 Å². The molecule has 0 N–H and O–H groups in total. The fourth-order valence-corrected chi connectivity index (χ4v) is 4.35. The molecule has 0 fully saturated rings. The molecule has 0 saturated heterocycles. The highest BCUT2D eigenvalue weighted by Gasteiger charge is 2.37. The molecule has 4 rings (SSSR count). The minimum absolute atomic E-state index is 0.0441. The molecule has 2 heterocycles. The second kappa shape index (κ2) is 5.20. The third kappa shape index (κ3) is 2.45. The minimum Gasteiger partial charge on any atom is -0.484 e. The number of rotatable bonds is 2. The molecule has 0 radical (unpaired) electrons. The predicted octanol–water partition coefficient (Wildman–Crippen LogP) is 4.12. The van der Waals surface area contributed by atoms with Gasteiger partial charge in [0, 0.05) is 23.3 Å². The Morgan fingerprint density at radius 1 is 1.04 bits per heavy atom. The second-order valence-electron chi connectivity index (χ2n) is 7.29. The molecule has 2 aliphatic rings. The molecular formula is C20H21NOSi. The van der Waals surface area contributed by atoms with Crippen molar-refractivity contribution in [2.45, 2.75) is 31.7 Å². The van der Waals surface area contributed by atoms with E-state index in [1.807, 2.05) is 6.07 Å². The van der Waals surface area contributed by atoms with Gasteiger partial charge in [0.25, 0.3) is 0 Å². The maximum Gasteiger partial charge on any atom is 0.136 e. The number of hydrogen-bond acceptors (Lipinski definition) is 2. The molecular weight excluding hydrogens is 298 g/mol. The maximum atomic E-state index is 6.22. The van der Waals surface area contributed by atoms with Crippen molar-refractivity contribution in [3.8, 4) is 5.75 Å². The number of fused-ring (bicyclic) bond motifs is 3. The molecule has 1 aromatic heterocycles. The van der Waals surface area contributed by atoms with E-state index < -0.39 is 8.07 Å². The quantitative estimate of drug-likeness (QED) is 0.777. The monoisotopic (exact) mass is 319 g/mol. The third-order valence-electron chi connectivity index (χ3n) is 4.68. The molecule has 23 heavy (non-hydrogen) atoms. The van der Waals surface area contributed by atoms with Gasteiger partial charge in [0.15, 0.2) is 0 Å². The standard InChI is InChI=1S/C20H21NOSi/c1-23(2,3)14-11-12-18(21-13-14)17-9-6-8-16-15-7-4-5-10-19(15)22-20(16)17/h4-13,16,20H,1-3H3. The van der Waals surface area contributed by atoms with Crippen LogP contribution in [-0.4, -0.2) is 19.2 Å². The van der Waals surface area contributed by atoms with Gasteiger partial charge in [-0.2, -0.15) is 0 Å². The third-order valence-corrected chi connectivity index (χ3v) is 6.71. The van der Waals surface area contributed by atoms with Crippen LogP contribution in [0.5, 0.6) is 5.75 Å². The molecule has 116 valence electrons. The van der Waals surface area contributed by atoms with Crippen molar-refractivity contribution in [1.29, 1.82) is 0 Å². The Morgan fingerprint density at radius 2 is 1.87 bits per heavy atom. The Bertz CT molecular complexity index is 799. The summed E-state index contributed by atoms with van der Waals surface area (Å²) in [5.74, 6) is 1.29. The molecule has 1 aliphatic carbocycles. The largest absolute Gasteiger partial charge is 0.484 e. The summed E-state index contributed by atoms with van der Waals surface area (Å²) < 4.78 is 6.22. The summed E-state index contributed by atoms with van der Waals surface area (Å²) in [7, 11) is -1.31. The summed E-state index contributed by atoms with van der Waals surface area (Å²) in [6.07, 6.45) is 8.61. The number of pyridine rings is 1. The Balaban J connectivity index is 1.68. The first-order valence-corrected chi connectivity index (χ1v) is 11.6. The lowest BCUT2D eigenvalue weighted by Gasteiger charge is -2.23. The first-order valence-electron chi connectivity index (χ1n) is 8.15. The molecule has 1 aromatic carbocycles. The lowest BCUT2D eigenvalue weighted by Crippen LogP contribution is -2.37. The number of hydrogen-bond donors (Lipinski definition) is 0. The SMILES string of the molecule is C[Si](C)(C)c1ccc(C2=CC=CC3c4ccccc4OC23)nc1. The van der Waals surface area contributed by atoms with Crippen LogP contribution in [0.2, 0.25) is 19.6 Å². The molecule has 0 spiro atoms. The summed E-state index contributed by atoms with van der Waals surface area (Å²) in [5.41, 5.74) is 3.48. The number of ether oxygens (including phenoxy) is 1. The molecule has 0 bridgehead atoms. The normalized spacial score (nSPS) is 22.1. The Labute approximate surface area is 138 Å². The van der Waals surface area contributed by atoms with Crippen molar-refractivity contribution < 1.29 is 4.74 Å². The lowest BCUT2D eigenvalue weighted by molar-refractivity contribution is 0.278. The lowest BCUT2D eigenvalue weighted by atomic mass is 9.86. The Morgan fingerprint density at radius 3 is 2.61 bits per heavy atom. The minimum atomic E-state index is -1.31. The van der Waals surface area contributed by atoms with Gasteiger partial charge in [0.05, 0.1) is 13.8 Å². The van der Waals surface area contributed by atoms with Crippen LogP contribution in [0.4, 0.5) is 0 Å². The van der Waals surface area contributed by atoms with Gasteiger partial charge in [-0.25, -0.2) is 0 Å². The van der Waals surface area contributed by atoms with Crippen LogP contribution in [0.3, 0.4) is 0 Å². The molecule has 2 nitrogen and oxygen atoms in total. The number of aromatic nitrogens is 1. The van der Waals surface area contributed by atoms with E-state index in [2.05, 4.69) is 74.4 Å². The van der Waals surface area contributed by atoms with Crippen LogP contribution in [0.15, 0.2) is 60.8 Å². The van der Waals surface area contributed by atoms with Crippen molar-refractivity contribution in [3.63, 3.8) is 0 Å². The molecule has 3 heteroatoms. The highest BCUT2D eigenvalue weighted by molar-refractivity contribution is 6.88. The summed E-state index contributed by atoms with van der Waals surface area (Å²) in [6, 6.07) is 12.7. The van der Waals surface area contributed by atoms with Crippen LogP contribution in [0.1, 0.15) is 17.2 Å².